The van der Waals surface area contributed by atoms with E-state index < -0.39 is 0 Å². The number of nitrogens with one attached hydrogen (secondary N) is 1. The van der Waals surface area contributed by atoms with Gasteiger partial charge in [-0.3, -0.25) is 9.59 Å². The third-order valence-corrected chi connectivity index (χ3v) is 5.42. The quantitative estimate of drug-likeness (QED) is 0.472. The van der Waals surface area contributed by atoms with Crippen LogP contribution in [-0.4, -0.2) is 10.5 Å². The van der Waals surface area contributed by atoms with E-state index in [2.05, 4.69) is 16.8 Å². The topological polar surface area (TPSA) is 51.1 Å². The molecule has 0 saturated carbocycles. The first-order valence-corrected chi connectivity index (χ1v) is 10.7. The summed E-state index contributed by atoms with van der Waals surface area (Å²) in [6, 6.07) is 18.9. The van der Waals surface area contributed by atoms with Crippen molar-refractivity contribution in [3.8, 4) is 11.3 Å². The first-order chi connectivity index (χ1) is 14.5. The van der Waals surface area contributed by atoms with Gasteiger partial charge >= 0.3 is 0 Å². The highest BCUT2D eigenvalue weighted by molar-refractivity contribution is 6.08. The largest absolute Gasteiger partial charge is 0.344 e. The number of nitrogens with zero attached hydrogens (tertiary/aromatic N) is 1. The Labute approximate surface area is 178 Å². The molecule has 4 nitrogen and oxygen atoms in total. The van der Waals surface area contributed by atoms with Gasteiger partial charge in [-0.25, -0.2) is 0 Å². The van der Waals surface area contributed by atoms with Crippen molar-refractivity contribution in [3.05, 3.63) is 87.7 Å². The van der Waals surface area contributed by atoms with Crippen molar-refractivity contribution in [2.75, 3.05) is 5.32 Å². The Morgan fingerprint density at radius 2 is 1.63 bits per heavy atom. The third kappa shape index (κ3) is 4.88. The number of amides is 1. The summed E-state index contributed by atoms with van der Waals surface area (Å²) >= 11 is 0. The Morgan fingerprint density at radius 1 is 0.933 bits per heavy atom. The van der Waals surface area contributed by atoms with E-state index >= 15 is 0 Å². The number of hydrogen-bond donors (Lipinski definition) is 1. The fourth-order valence-electron chi connectivity index (χ4n) is 3.77. The number of aromatic nitrogens is 1. The lowest BCUT2D eigenvalue weighted by molar-refractivity contribution is 0.102. The summed E-state index contributed by atoms with van der Waals surface area (Å²) in [5, 5.41) is 2.95. The van der Waals surface area contributed by atoms with Gasteiger partial charge in [0.2, 0.25) is 0 Å². The third-order valence-electron chi connectivity index (χ3n) is 5.42. The van der Waals surface area contributed by atoms with Crippen molar-refractivity contribution in [1.29, 1.82) is 0 Å². The predicted octanol–water partition coefficient (Wildman–Crippen LogP) is 5.96. The van der Waals surface area contributed by atoms with Gasteiger partial charge in [0, 0.05) is 24.0 Å². The first-order valence-electron chi connectivity index (χ1n) is 10.7. The first kappa shape index (κ1) is 21.6. The summed E-state index contributed by atoms with van der Waals surface area (Å²) in [4.78, 5) is 26.3. The molecule has 1 heterocycles. The Bertz CT molecular complexity index is 1070. The summed E-state index contributed by atoms with van der Waals surface area (Å²) in [5.41, 5.74) is 4.08. The van der Waals surface area contributed by atoms with Crippen molar-refractivity contribution in [2.24, 2.45) is 0 Å². The molecule has 2 aromatic carbocycles. The lowest BCUT2D eigenvalue weighted by Gasteiger charge is -2.20. The molecule has 156 valence electrons. The zero-order chi connectivity index (χ0) is 21.5. The lowest BCUT2D eigenvalue weighted by atomic mass is 10.0. The fraction of sp³-hybridized carbons (Fsp3) is 0.308. The maximum atomic E-state index is 13.3. The maximum absolute atomic E-state index is 13.3. The van der Waals surface area contributed by atoms with Crippen LogP contribution >= 0.6 is 0 Å². The molecule has 3 aromatic rings. The molecule has 0 fully saturated rings. The normalized spacial score (nSPS) is 10.8. The second-order valence-corrected chi connectivity index (χ2v) is 7.72. The Morgan fingerprint density at radius 3 is 2.33 bits per heavy atom. The second-order valence-electron chi connectivity index (χ2n) is 7.72. The smallest absolute Gasteiger partial charge is 0.261 e. The number of pyridine rings is 1. The van der Waals surface area contributed by atoms with E-state index in [1.54, 1.807) is 6.07 Å². The number of aryl methyl sites for hydroxylation is 2. The molecule has 0 unspecified atom stereocenters. The van der Waals surface area contributed by atoms with Crippen LogP contribution in [-0.2, 0) is 6.54 Å². The van der Waals surface area contributed by atoms with Crippen molar-refractivity contribution in [1.82, 2.24) is 4.57 Å². The van der Waals surface area contributed by atoms with E-state index in [-0.39, 0.29) is 16.9 Å². The summed E-state index contributed by atoms with van der Waals surface area (Å²) < 4.78 is 2.12. The van der Waals surface area contributed by atoms with E-state index in [1.807, 2.05) is 68.4 Å². The molecule has 0 aliphatic rings. The van der Waals surface area contributed by atoms with Gasteiger partial charge in [0.05, 0.1) is 5.69 Å². The van der Waals surface area contributed by atoms with Crippen molar-refractivity contribution in [2.45, 2.75) is 53.0 Å². The van der Waals surface area contributed by atoms with E-state index in [4.69, 9.17) is 0 Å². The Balaban J connectivity index is 2.10. The van der Waals surface area contributed by atoms with Crippen LogP contribution < -0.4 is 10.7 Å². The van der Waals surface area contributed by atoms with Crippen LogP contribution in [0.15, 0.2) is 65.5 Å². The number of carbonyl (C=O) groups excluding carboxylic acids is 1. The van der Waals surface area contributed by atoms with Crippen molar-refractivity contribution >= 4 is 11.6 Å². The zero-order valence-electron chi connectivity index (χ0n) is 18.1. The highest BCUT2D eigenvalue weighted by Gasteiger charge is 2.22. The second kappa shape index (κ2) is 10.1. The van der Waals surface area contributed by atoms with Gasteiger partial charge in [0.1, 0.15) is 5.56 Å². The average molecular weight is 403 g/mol. The monoisotopic (exact) mass is 402 g/mol. The van der Waals surface area contributed by atoms with Gasteiger partial charge in [-0.15, -0.1) is 0 Å². The maximum Gasteiger partial charge on any atom is 0.261 e. The molecule has 30 heavy (non-hydrogen) atoms. The number of para-hydroxylation sites is 1. The van der Waals surface area contributed by atoms with Gasteiger partial charge in [0.25, 0.3) is 5.91 Å². The lowest BCUT2D eigenvalue weighted by Crippen LogP contribution is -2.27. The zero-order valence-corrected chi connectivity index (χ0v) is 18.1. The molecule has 0 aliphatic heterocycles. The summed E-state index contributed by atoms with van der Waals surface area (Å²) in [7, 11) is 0. The summed E-state index contributed by atoms with van der Waals surface area (Å²) in [6.07, 6.45) is 4.48. The Hall–Kier alpha value is -3.14. The molecule has 1 amide bonds. The van der Waals surface area contributed by atoms with Crippen LogP contribution in [0.3, 0.4) is 0 Å². The molecule has 4 heteroatoms. The number of carbonyl (C=O) groups is 1. The number of hydrogen-bond acceptors (Lipinski definition) is 2. The van der Waals surface area contributed by atoms with E-state index in [0.29, 0.717) is 5.69 Å². The molecule has 0 aliphatic carbocycles. The van der Waals surface area contributed by atoms with Crippen LogP contribution in [0.2, 0.25) is 0 Å². The van der Waals surface area contributed by atoms with E-state index in [9.17, 15) is 9.59 Å². The summed E-state index contributed by atoms with van der Waals surface area (Å²) in [6.45, 7) is 6.85. The molecule has 0 radical (unpaired) electrons. The van der Waals surface area contributed by atoms with Crippen LogP contribution in [0.5, 0.6) is 0 Å². The van der Waals surface area contributed by atoms with Crippen LogP contribution in [0.4, 0.5) is 5.69 Å². The number of rotatable bonds is 8. The molecule has 0 atom stereocenters. The molecule has 0 saturated heterocycles. The van der Waals surface area contributed by atoms with Crippen LogP contribution in [0.1, 0.15) is 54.2 Å². The van der Waals surface area contributed by atoms with Gasteiger partial charge in [-0.1, -0.05) is 74.7 Å². The number of benzene rings is 2. The molecular weight excluding hydrogens is 372 g/mol. The van der Waals surface area contributed by atoms with Gasteiger partial charge in [-0.05, 0) is 37.5 Å². The van der Waals surface area contributed by atoms with Crippen molar-refractivity contribution < 1.29 is 4.79 Å². The summed E-state index contributed by atoms with van der Waals surface area (Å²) in [5.74, 6) is -0.365. The van der Waals surface area contributed by atoms with Gasteiger partial charge < -0.3 is 9.88 Å². The fourth-order valence-corrected chi connectivity index (χ4v) is 3.77. The Kier molecular flexibility index (Phi) is 7.23. The molecule has 1 aromatic heterocycles. The van der Waals surface area contributed by atoms with Gasteiger partial charge in [-0.2, -0.15) is 0 Å². The van der Waals surface area contributed by atoms with Crippen molar-refractivity contribution in [3.63, 3.8) is 0 Å². The average Bonchev–Trinajstić information content (AvgIpc) is 2.74. The SMILES string of the molecule is CCCCCCn1c(C)cc(=O)c(C(=O)Nc2ccccc2C)c1-c1ccccc1. The molecule has 3 rings (SSSR count). The molecule has 0 spiro atoms. The molecular formula is C26H30N2O2. The molecule has 1 N–H and O–H groups in total. The highest BCUT2D eigenvalue weighted by Crippen LogP contribution is 2.25. The minimum absolute atomic E-state index is 0.200. The molecule has 0 bridgehead atoms. The predicted molar refractivity (Wildman–Crippen MR) is 124 cm³/mol. The van der Waals surface area contributed by atoms with E-state index in [0.717, 1.165) is 41.9 Å². The minimum Gasteiger partial charge on any atom is -0.344 e. The van der Waals surface area contributed by atoms with Crippen LogP contribution in [0.25, 0.3) is 11.3 Å². The van der Waals surface area contributed by atoms with Gasteiger partial charge in [0.15, 0.2) is 5.43 Å². The standard InChI is InChI=1S/C26H30N2O2/c1-4-5-6-12-17-28-20(3)18-23(29)24(25(28)21-14-8-7-9-15-21)26(30)27-22-16-11-10-13-19(22)2/h7-11,13-16,18H,4-6,12,17H2,1-3H3,(H,27,30). The minimum atomic E-state index is -0.365. The van der Waals surface area contributed by atoms with E-state index in [1.165, 1.54) is 12.8 Å². The number of unbranched alkanes of at least 4 members (excludes halogenated alkanes) is 3. The highest BCUT2D eigenvalue weighted by atomic mass is 16.2. The van der Waals surface area contributed by atoms with Crippen LogP contribution in [0, 0.1) is 13.8 Å². The number of anilines is 1.